The standard InChI is InChI=1S/C16H25NO3S2/c1-3-11(2)14(15(18)12-7-5-4-6-8-12)13-9-10-21-16(13)22(17,19)20/h5,7,9-12,14-15,18H,3-4,6,8H2,1-2H3,(H2,17,19,20)/t11-,12?,14-,15-/m0/s1. The molecule has 4 nitrogen and oxygen atoms in total. The number of aliphatic hydroxyl groups is 1. The molecule has 6 heteroatoms. The number of sulfonamides is 1. The number of rotatable bonds is 6. The van der Waals surface area contributed by atoms with Gasteiger partial charge in [0.25, 0.3) is 0 Å². The highest BCUT2D eigenvalue weighted by molar-refractivity contribution is 7.91. The lowest BCUT2D eigenvalue weighted by Gasteiger charge is -2.33. The molecule has 1 aliphatic carbocycles. The summed E-state index contributed by atoms with van der Waals surface area (Å²) in [7, 11) is -3.75. The zero-order chi connectivity index (χ0) is 16.3. The molecule has 3 N–H and O–H groups in total. The number of hydrogen-bond acceptors (Lipinski definition) is 4. The monoisotopic (exact) mass is 343 g/mol. The molecule has 1 aromatic heterocycles. The van der Waals surface area contributed by atoms with E-state index >= 15 is 0 Å². The minimum absolute atomic E-state index is 0.0842. The predicted molar refractivity (Wildman–Crippen MR) is 90.4 cm³/mol. The second-order valence-corrected chi connectivity index (χ2v) is 8.81. The predicted octanol–water partition coefficient (Wildman–Crippen LogP) is 3.24. The van der Waals surface area contributed by atoms with Crippen LogP contribution in [-0.2, 0) is 10.0 Å². The van der Waals surface area contributed by atoms with Gasteiger partial charge in [0.2, 0.25) is 10.0 Å². The Balaban J connectivity index is 2.41. The first-order valence-corrected chi connectivity index (χ1v) is 10.2. The maximum absolute atomic E-state index is 11.8. The minimum atomic E-state index is -3.75. The van der Waals surface area contributed by atoms with Crippen molar-refractivity contribution in [1.82, 2.24) is 0 Å². The van der Waals surface area contributed by atoms with Crippen LogP contribution in [0.4, 0.5) is 0 Å². The lowest BCUT2D eigenvalue weighted by atomic mass is 9.75. The van der Waals surface area contributed by atoms with E-state index in [1.54, 1.807) is 11.4 Å². The Morgan fingerprint density at radius 1 is 1.50 bits per heavy atom. The summed E-state index contributed by atoms with van der Waals surface area (Å²) < 4.78 is 23.8. The highest BCUT2D eigenvalue weighted by Gasteiger charge is 2.35. The smallest absolute Gasteiger partial charge is 0.247 e. The Labute approximate surface area is 137 Å². The van der Waals surface area contributed by atoms with Crippen molar-refractivity contribution in [3.63, 3.8) is 0 Å². The lowest BCUT2D eigenvalue weighted by Crippen LogP contribution is -2.32. The molecular weight excluding hydrogens is 318 g/mol. The molecule has 0 spiro atoms. The molecule has 0 aliphatic heterocycles. The molecule has 4 atom stereocenters. The Hall–Kier alpha value is -0.690. The van der Waals surface area contributed by atoms with Crippen molar-refractivity contribution in [1.29, 1.82) is 0 Å². The summed E-state index contributed by atoms with van der Waals surface area (Å²) in [6, 6.07) is 1.80. The van der Waals surface area contributed by atoms with Crippen molar-refractivity contribution in [3.05, 3.63) is 29.2 Å². The van der Waals surface area contributed by atoms with Crippen molar-refractivity contribution < 1.29 is 13.5 Å². The summed E-state index contributed by atoms with van der Waals surface area (Å²) in [5.41, 5.74) is 0.674. The Kier molecular flexibility index (Phi) is 5.82. The van der Waals surface area contributed by atoms with E-state index in [1.807, 2.05) is 0 Å². The largest absolute Gasteiger partial charge is 0.392 e. The zero-order valence-corrected chi connectivity index (χ0v) is 14.7. The number of thiophene rings is 1. The lowest BCUT2D eigenvalue weighted by molar-refractivity contribution is 0.0721. The summed E-state index contributed by atoms with van der Waals surface area (Å²) in [4.78, 5) is 0. The first-order chi connectivity index (χ1) is 10.4. The highest BCUT2D eigenvalue weighted by atomic mass is 32.2. The van der Waals surface area contributed by atoms with Gasteiger partial charge in [-0.1, -0.05) is 32.4 Å². The van der Waals surface area contributed by atoms with Gasteiger partial charge in [-0.25, -0.2) is 13.6 Å². The van der Waals surface area contributed by atoms with E-state index in [2.05, 4.69) is 26.0 Å². The minimum Gasteiger partial charge on any atom is -0.392 e. The quantitative estimate of drug-likeness (QED) is 0.778. The Bertz CT molecular complexity index is 621. The SMILES string of the molecule is CC[C@H](C)[C@@H](c1ccsc1S(N)(=O)=O)[C@@H](O)C1C=CCCC1. The van der Waals surface area contributed by atoms with Crippen LogP contribution in [0.25, 0.3) is 0 Å². The molecule has 22 heavy (non-hydrogen) atoms. The van der Waals surface area contributed by atoms with Gasteiger partial charge < -0.3 is 5.11 Å². The van der Waals surface area contributed by atoms with Gasteiger partial charge in [0, 0.05) is 11.8 Å². The summed E-state index contributed by atoms with van der Waals surface area (Å²) >= 11 is 1.13. The maximum Gasteiger partial charge on any atom is 0.247 e. The third kappa shape index (κ3) is 3.79. The van der Waals surface area contributed by atoms with Gasteiger partial charge in [0.1, 0.15) is 4.21 Å². The number of allylic oxidation sites excluding steroid dienone is 1. The van der Waals surface area contributed by atoms with E-state index in [9.17, 15) is 13.5 Å². The second-order valence-electron chi connectivity index (χ2n) is 6.13. The van der Waals surface area contributed by atoms with Gasteiger partial charge in [-0.2, -0.15) is 0 Å². The van der Waals surface area contributed by atoms with Crippen LogP contribution in [0, 0.1) is 11.8 Å². The molecule has 0 fully saturated rings. The fraction of sp³-hybridized carbons (Fsp3) is 0.625. The first kappa shape index (κ1) is 17.7. The van der Waals surface area contributed by atoms with Crippen LogP contribution in [0.2, 0.25) is 0 Å². The number of nitrogens with two attached hydrogens (primary N) is 1. The molecule has 1 aromatic rings. The topological polar surface area (TPSA) is 80.4 Å². The summed E-state index contributed by atoms with van der Waals surface area (Å²) in [6.45, 7) is 4.12. The van der Waals surface area contributed by atoms with Crippen molar-refractivity contribution >= 4 is 21.4 Å². The van der Waals surface area contributed by atoms with Crippen molar-refractivity contribution in [2.75, 3.05) is 0 Å². The van der Waals surface area contributed by atoms with Gasteiger partial charge >= 0.3 is 0 Å². The number of primary sulfonamides is 1. The molecule has 124 valence electrons. The van der Waals surface area contributed by atoms with Crippen LogP contribution in [0.15, 0.2) is 27.8 Å². The molecule has 1 unspecified atom stereocenters. The summed E-state index contributed by atoms with van der Waals surface area (Å²) in [5.74, 6) is 0.0544. The molecule has 0 saturated carbocycles. The molecule has 0 bridgehead atoms. The van der Waals surface area contributed by atoms with E-state index < -0.39 is 16.1 Å². The number of hydrogen-bond donors (Lipinski definition) is 2. The van der Waals surface area contributed by atoms with Gasteiger partial charge in [0.05, 0.1) is 6.10 Å². The average molecular weight is 344 g/mol. The summed E-state index contributed by atoms with van der Waals surface area (Å²) in [6.07, 6.45) is 7.54. The van der Waals surface area contributed by atoms with E-state index in [-0.39, 0.29) is 22.0 Å². The maximum atomic E-state index is 11.8. The van der Waals surface area contributed by atoms with E-state index in [0.717, 1.165) is 37.0 Å². The van der Waals surface area contributed by atoms with Crippen LogP contribution >= 0.6 is 11.3 Å². The average Bonchev–Trinajstić information content (AvgIpc) is 2.97. The van der Waals surface area contributed by atoms with Crippen LogP contribution in [-0.4, -0.2) is 19.6 Å². The van der Waals surface area contributed by atoms with Gasteiger partial charge in [-0.05, 0) is 42.2 Å². The second kappa shape index (κ2) is 7.25. The third-order valence-electron chi connectivity index (χ3n) is 4.63. The first-order valence-electron chi connectivity index (χ1n) is 7.81. The molecule has 1 heterocycles. The van der Waals surface area contributed by atoms with E-state index in [4.69, 9.17) is 5.14 Å². The molecule has 0 aromatic carbocycles. The van der Waals surface area contributed by atoms with Crippen molar-refractivity contribution in [2.24, 2.45) is 17.0 Å². The van der Waals surface area contributed by atoms with E-state index in [0.29, 0.717) is 5.56 Å². The Morgan fingerprint density at radius 2 is 2.23 bits per heavy atom. The fourth-order valence-corrected chi connectivity index (χ4v) is 5.17. The Morgan fingerprint density at radius 3 is 2.77 bits per heavy atom. The van der Waals surface area contributed by atoms with Crippen LogP contribution in [0.1, 0.15) is 51.0 Å². The molecule has 0 amide bonds. The molecule has 2 rings (SSSR count). The van der Waals surface area contributed by atoms with Crippen molar-refractivity contribution in [3.8, 4) is 0 Å². The van der Waals surface area contributed by atoms with Gasteiger partial charge in [0.15, 0.2) is 0 Å². The van der Waals surface area contributed by atoms with Crippen LogP contribution in [0.3, 0.4) is 0 Å². The molecule has 1 aliphatic rings. The van der Waals surface area contributed by atoms with Crippen LogP contribution < -0.4 is 5.14 Å². The molecular formula is C16H25NO3S2. The molecule has 0 saturated heterocycles. The van der Waals surface area contributed by atoms with Crippen molar-refractivity contribution in [2.45, 2.75) is 55.8 Å². The molecule has 0 radical (unpaired) electrons. The highest BCUT2D eigenvalue weighted by Crippen LogP contribution is 2.40. The summed E-state index contributed by atoms with van der Waals surface area (Å²) in [5, 5.41) is 18.0. The zero-order valence-electron chi connectivity index (χ0n) is 13.1. The van der Waals surface area contributed by atoms with Gasteiger partial charge in [-0.15, -0.1) is 11.3 Å². The van der Waals surface area contributed by atoms with Crippen LogP contribution in [0.5, 0.6) is 0 Å². The number of aliphatic hydroxyl groups excluding tert-OH is 1. The van der Waals surface area contributed by atoms with E-state index in [1.165, 1.54) is 0 Å². The third-order valence-corrected chi connectivity index (χ3v) is 7.09. The van der Waals surface area contributed by atoms with Gasteiger partial charge in [-0.3, -0.25) is 0 Å². The normalized spacial score (nSPS) is 23.2. The fourth-order valence-electron chi connectivity index (χ4n) is 3.25.